The number of carbonyl (C=O) groups is 1. The second-order valence-corrected chi connectivity index (χ2v) is 7.20. The van der Waals surface area contributed by atoms with Crippen LogP contribution in [0.4, 0.5) is 0 Å². The van der Waals surface area contributed by atoms with Crippen molar-refractivity contribution >= 4 is 34.3 Å². The van der Waals surface area contributed by atoms with Gasteiger partial charge in [-0.3, -0.25) is 4.79 Å². The summed E-state index contributed by atoms with van der Waals surface area (Å²) in [4.78, 5) is 13.2. The molecule has 29 heavy (non-hydrogen) atoms. The molecule has 1 atom stereocenters. The van der Waals surface area contributed by atoms with Gasteiger partial charge in [-0.05, 0) is 42.0 Å². The number of fused-ring (bicyclic) bond motifs is 1. The molecule has 1 aliphatic heterocycles. The first-order valence-corrected chi connectivity index (χ1v) is 9.54. The average molecular weight is 406 g/mol. The van der Waals surface area contributed by atoms with Gasteiger partial charge >= 0.3 is 0 Å². The lowest BCUT2D eigenvalue weighted by Gasteiger charge is -2.19. The number of carbonyl (C=O) groups excluding carboxylic acids is 1. The van der Waals surface area contributed by atoms with Crippen molar-refractivity contribution in [3.05, 3.63) is 83.3 Å². The van der Waals surface area contributed by atoms with E-state index < -0.39 is 0 Å². The Morgan fingerprint density at radius 1 is 1.10 bits per heavy atom. The molecule has 0 spiro atoms. The third-order valence-electron chi connectivity index (χ3n) is 4.92. The summed E-state index contributed by atoms with van der Waals surface area (Å²) in [6.45, 7) is 0.0368. The van der Waals surface area contributed by atoms with E-state index in [2.05, 4.69) is 15.4 Å². The highest BCUT2D eigenvalue weighted by Crippen LogP contribution is 2.33. The fourth-order valence-corrected chi connectivity index (χ4v) is 3.62. The number of amides is 1. The number of hydrogen-bond donors (Lipinski definition) is 0. The molecule has 1 aliphatic rings. The van der Waals surface area contributed by atoms with E-state index in [9.17, 15) is 4.79 Å². The van der Waals surface area contributed by atoms with E-state index in [0.29, 0.717) is 17.2 Å². The zero-order chi connectivity index (χ0) is 19.8. The molecule has 0 fully saturated rings. The van der Waals surface area contributed by atoms with Crippen molar-refractivity contribution in [1.82, 2.24) is 20.0 Å². The first-order chi connectivity index (χ1) is 14.2. The lowest BCUT2D eigenvalue weighted by molar-refractivity contribution is -0.134. The number of para-hydroxylation sites is 1. The number of furan rings is 1. The van der Waals surface area contributed by atoms with Crippen LogP contribution in [-0.2, 0) is 11.3 Å². The minimum absolute atomic E-state index is 0.0368. The van der Waals surface area contributed by atoms with Crippen LogP contribution in [0, 0.1) is 0 Å². The first-order valence-electron chi connectivity index (χ1n) is 9.16. The predicted octanol–water partition coefficient (Wildman–Crippen LogP) is 4.06. The van der Waals surface area contributed by atoms with E-state index >= 15 is 0 Å². The largest absolute Gasteiger partial charge is 0.467 e. The Balaban J connectivity index is 1.47. The summed E-state index contributed by atoms with van der Waals surface area (Å²) in [5, 5.41) is 15.0. The summed E-state index contributed by atoms with van der Waals surface area (Å²) in [5.41, 5.74) is 3.28. The molecule has 0 radical (unpaired) electrons. The number of halogens is 1. The molecular formula is C21H16ClN5O2. The predicted molar refractivity (Wildman–Crippen MR) is 108 cm³/mol. The van der Waals surface area contributed by atoms with Gasteiger partial charge in [-0.2, -0.15) is 5.10 Å². The molecule has 5 rings (SSSR count). The van der Waals surface area contributed by atoms with Crippen LogP contribution < -0.4 is 0 Å². The number of aromatic nitrogens is 3. The van der Waals surface area contributed by atoms with Crippen LogP contribution in [0.15, 0.2) is 76.4 Å². The van der Waals surface area contributed by atoms with Crippen LogP contribution in [0.25, 0.3) is 11.0 Å². The normalized spacial score (nSPS) is 16.4. The molecule has 0 N–H and O–H groups in total. The molecule has 1 amide bonds. The van der Waals surface area contributed by atoms with Gasteiger partial charge in [0.1, 0.15) is 23.9 Å². The molecule has 0 bridgehead atoms. The summed E-state index contributed by atoms with van der Waals surface area (Å²) >= 11 is 6.00. The number of hydrogen-bond acceptors (Lipinski definition) is 5. The van der Waals surface area contributed by atoms with E-state index in [4.69, 9.17) is 16.0 Å². The van der Waals surface area contributed by atoms with Gasteiger partial charge in [0, 0.05) is 11.4 Å². The minimum Gasteiger partial charge on any atom is -0.467 e. The van der Waals surface area contributed by atoms with E-state index in [1.54, 1.807) is 10.9 Å². The third-order valence-corrected chi connectivity index (χ3v) is 5.17. The molecule has 2 aromatic carbocycles. The third kappa shape index (κ3) is 3.30. The molecule has 8 heteroatoms. The molecule has 7 nitrogen and oxygen atoms in total. The van der Waals surface area contributed by atoms with Gasteiger partial charge in [0.15, 0.2) is 0 Å². The standard InChI is InChI=1S/C21H16ClN5O2/c22-15-9-7-14(8-10-15)17-12-19(20-6-3-11-29-20)27(24-17)21(28)13-26-18-5-2-1-4-16(18)23-25-26/h1-11,19H,12-13H2. The first kappa shape index (κ1) is 17.6. The van der Waals surface area contributed by atoms with E-state index in [1.165, 1.54) is 5.01 Å². The Kier molecular flexibility index (Phi) is 4.37. The van der Waals surface area contributed by atoms with Gasteiger partial charge < -0.3 is 4.42 Å². The Bertz CT molecular complexity index is 1200. The Morgan fingerprint density at radius 2 is 1.93 bits per heavy atom. The molecule has 0 saturated carbocycles. The highest BCUT2D eigenvalue weighted by molar-refractivity contribution is 6.30. The molecule has 1 unspecified atom stereocenters. The number of hydrazone groups is 1. The van der Waals surface area contributed by atoms with Crippen molar-refractivity contribution in [2.45, 2.75) is 19.0 Å². The van der Waals surface area contributed by atoms with Crippen molar-refractivity contribution in [1.29, 1.82) is 0 Å². The van der Waals surface area contributed by atoms with Gasteiger partial charge in [-0.15, -0.1) is 5.10 Å². The second-order valence-electron chi connectivity index (χ2n) is 6.76. The maximum Gasteiger partial charge on any atom is 0.265 e. The van der Waals surface area contributed by atoms with E-state index in [-0.39, 0.29) is 18.5 Å². The topological polar surface area (TPSA) is 76.5 Å². The maximum atomic E-state index is 13.2. The van der Waals surface area contributed by atoms with Gasteiger partial charge in [-0.25, -0.2) is 9.69 Å². The molecule has 3 heterocycles. The molecule has 2 aromatic heterocycles. The van der Waals surface area contributed by atoms with Gasteiger partial charge in [0.05, 0.1) is 17.5 Å². The molecule has 0 saturated heterocycles. The maximum absolute atomic E-state index is 13.2. The Morgan fingerprint density at radius 3 is 2.72 bits per heavy atom. The fourth-order valence-electron chi connectivity index (χ4n) is 3.49. The van der Waals surface area contributed by atoms with Crippen LogP contribution in [0.2, 0.25) is 5.02 Å². The van der Waals surface area contributed by atoms with Gasteiger partial charge in [-0.1, -0.05) is 41.1 Å². The average Bonchev–Trinajstić information content (AvgIpc) is 3.48. The van der Waals surface area contributed by atoms with Crippen molar-refractivity contribution in [3.8, 4) is 0 Å². The zero-order valence-corrected chi connectivity index (χ0v) is 16.0. The van der Waals surface area contributed by atoms with E-state index in [1.807, 2.05) is 60.7 Å². The summed E-state index contributed by atoms with van der Waals surface area (Å²) in [5.74, 6) is 0.500. The summed E-state index contributed by atoms with van der Waals surface area (Å²) in [7, 11) is 0. The van der Waals surface area contributed by atoms with Crippen molar-refractivity contribution in [3.63, 3.8) is 0 Å². The summed E-state index contributed by atoms with van der Waals surface area (Å²) in [6, 6.07) is 18.3. The number of benzene rings is 2. The molecule has 0 aliphatic carbocycles. The lowest BCUT2D eigenvalue weighted by atomic mass is 10.0. The highest BCUT2D eigenvalue weighted by Gasteiger charge is 2.35. The van der Waals surface area contributed by atoms with Crippen molar-refractivity contribution < 1.29 is 9.21 Å². The van der Waals surface area contributed by atoms with Crippen LogP contribution in [0.3, 0.4) is 0 Å². The second kappa shape index (κ2) is 7.18. The van der Waals surface area contributed by atoms with Crippen LogP contribution in [0.5, 0.6) is 0 Å². The zero-order valence-electron chi connectivity index (χ0n) is 15.3. The minimum atomic E-state index is -0.307. The number of rotatable bonds is 4. The van der Waals surface area contributed by atoms with Gasteiger partial charge in [0.2, 0.25) is 0 Å². The molecule has 144 valence electrons. The lowest BCUT2D eigenvalue weighted by Crippen LogP contribution is -2.30. The van der Waals surface area contributed by atoms with Crippen molar-refractivity contribution in [2.24, 2.45) is 5.10 Å². The van der Waals surface area contributed by atoms with Crippen molar-refractivity contribution in [2.75, 3.05) is 0 Å². The fraction of sp³-hybridized carbons (Fsp3) is 0.143. The van der Waals surface area contributed by atoms with E-state index in [0.717, 1.165) is 22.3 Å². The monoisotopic (exact) mass is 405 g/mol. The molecule has 4 aromatic rings. The quantitative estimate of drug-likeness (QED) is 0.513. The van der Waals surface area contributed by atoms with Crippen LogP contribution in [-0.4, -0.2) is 31.6 Å². The summed E-state index contributed by atoms with van der Waals surface area (Å²) in [6.07, 6.45) is 2.15. The Labute approximate surface area is 171 Å². The Hall–Kier alpha value is -3.45. The SMILES string of the molecule is O=C(Cn1nnc2ccccc21)N1N=C(c2ccc(Cl)cc2)CC1c1ccco1. The van der Waals surface area contributed by atoms with Gasteiger partial charge in [0.25, 0.3) is 5.91 Å². The van der Waals surface area contributed by atoms with Crippen LogP contribution in [0.1, 0.15) is 23.8 Å². The summed E-state index contributed by atoms with van der Waals surface area (Å²) < 4.78 is 7.17. The number of nitrogens with zero attached hydrogens (tertiary/aromatic N) is 5. The van der Waals surface area contributed by atoms with Crippen LogP contribution >= 0.6 is 11.6 Å². The molecular weight excluding hydrogens is 390 g/mol. The highest BCUT2D eigenvalue weighted by atomic mass is 35.5. The smallest absolute Gasteiger partial charge is 0.265 e.